The molecule has 0 N–H and O–H groups in total. The van der Waals surface area contributed by atoms with E-state index in [0.717, 1.165) is 13.1 Å². The highest BCUT2D eigenvalue weighted by Crippen LogP contribution is 2.30. The number of nitrogens with zero attached hydrogens (tertiary/aromatic N) is 6. The van der Waals surface area contributed by atoms with Crippen molar-refractivity contribution in [1.29, 1.82) is 0 Å². The molecular weight excluding hydrogens is 593 g/mol. The van der Waals surface area contributed by atoms with Crippen LogP contribution < -0.4 is 0 Å². The van der Waals surface area contributed by atoms with Gasteiger partial charge in [-0.25, -0.2) is 0 Å². The van der Waals surface area contributed by atoms with Gasteiger partial charge in [0.25, 0.3) is 0 Å². The number of unbranched alkanes of at least 4 members (excludes halogenated alkanes) is 16. The summed E-state index contributed by atoms with van der Waals surface area (Å²) < 4.78 is 17.6. The Morgan fingerprint density at radius 1 is 0.556 bits per heavy atom. The summed E-state index contributed by atoms with van der Waals surface area (Å²) in [6, 6.07) is 2.49. The lowest BCUT2D eigenvalue weighted by Crippen LogP contribution is -2.51. The van der Waals surface area contributed by atoms with E-state index in [2.05, 4.69) is 67.6 Å². The van der Waals surface area contributed by atoms with Gasteiger partial charge in [0.05, 0.1) is 24.1 Å². The normalized spacial score (nSPS) is 13.5. The lowest BCUT2D eigenvalue weighted by Gasteiger charge is -2.42. The van der Waals surface area contributed by atoms with Crippen LogP contribution in [0.3, 0.4) is 0 Å². The maximum absolute atomic E-state index is 6.89. The first-order chi connectivity index (χ1) is 21.5. The molecule has 2 aromatic rings. The Balaban J connectivity index is 1.45. The molecule has 2 aromatic heterocycles. The predicted molar refractivity (Wildman–Crippen MR) is 193 cm³/mol. The Hall–Kier alpha value is -1.37. The lowest BCUT2D eigenvalue weighted by atomic mass is 10.0. The van der Waals surface area contributed by atoms with Crippen molar-refractivity contribution in [2.45, 2.75) is 199 Å². The first-order valence-corrected chi connectivity index (χ1v) is 24.8. The molecule has 0 aliphatic heterocycles. The minimum Gasteiger partial charge on any atom is -0.412 e. The monoisotopic (exact) mass is 663 g/mol. The van der Waals surface area contributed by atoms with Crippen LogP contribution in [0.15, 0.2) is 24.8 Å². The van der Waals surface area contributed by atoms with E-state index >= 15 is 0 Å². The first-order valence-electron chi connectivity index (χ1n) is 18.6. The molecule has 10 heteroatoms. The van der Waals surface area contributed by atoms with Gasteiger partial charge >= 0.3 is 0 Å². The summed E-state index contributed by atoms with van der Waals surface area (Å²) in [5, 5.41) is 15.8. The van der Waals surface area contributed by atoms with Crippen molar-refractivity contribution >= 4 is 16.6 Å². The molecule has 0 bridgehead atoms. The molecule has 2 heterocycles. The average Bonchev–Trinajstić information content (AvgIpc) is 3.68. The first kappa shape index (κ1) is 39.8. The molecule has 2 rings (SSSR count). The Morgan fingerprint density at radius 3 is 1.29 bits per heavy atom. The van der Waals surface area contributed by atoms with Crippen LogP contribution in [0.5, 0.6) is 0 Å². The standard InChI is InChI=1S/C35H70N6O2Si2/c1-34(42-44(4,5)32-24-20-16-12-8-10-14-18-22-28-40-30-26-36-38-40)35(2,3)43-45(6,7)33-25-21-17-13-9-11-15-19-23-29-41-31-27-37-39-41/h26-27,30-31,34H,8-25,28-29,32-33H2,1-7H3/t34-/m0/s1. The van der Waals surface area contributed by atoms with E-state index < -0.39 is 16.6 Å². The molecule has 8 nitrogen and oxygen atoms in total. The van der Waals surface area contributed by atoms with Crippen LogP contribution in [0.1, 0.15) is 136 Å². The minimum atomic E-state index is -1.74. The highest BCUT2D eigenvalue weighted by Gasteiger charge is 2.38. The molecule has 0 fully saturated rings. The predicted octanol–water partition coefficient (Wildman–Crippen LogP) is 10.2. The van der Waals surface area contributed by atoms with E-state index in [1.807, 2.05) is 21.8 Å². The van der Waals surface area contributed by atoms with Gasteiger partial charge in [0.2, 0.25) is 0 Å². The molecule has 0 saturated carbocycles. The molecule has 260 valence electrons. The van der Waals surface area contributed by atoms with Crippen molar-refractivity contribution in [1.82, 2.24) is 30.0 Å². The summed E-state index contributed by atoms with van der Waals surface area (Å²) in [6.07, 6.45) is 31.4. The summed E-state index contributed by atoms with van der Waals surface area (Å²) in [5.41, 5.74) is -0.233. The molecule has 0 unspecified atom stereocenters. The van der Waals surface area contributed by atoms with Crippen LogP contribution in [0, 0.1) is 0 Å². The Labute approximate surface area is 279 Å². The number of hydrogen-bond donors (Lipinski definition) is 0. The van der Waals surface area contributed by atoms with Gasteiger partial charge in [-0.15, -0.1) is 10.2 Å². The van der Waals surface area contributed by atoms with Crippen molar-refractivity contribution in [3.63, 3.8) is 0 Å². The third kappa shape index (κ3) is 19.8. The van der Waals surface area contributed by atoms with Crippen molar-refractivity contribution in [3.05, 3.63) is 24.8 Å². The summed E-state index contributed by atoms with van der Waals surface area (Å²) in [7, 11) is -3.46. The molecule has 0 radical (unpaired) electrons. The van der Waals surface area contributed by atoms with Crippen molar-refractivity contribution in [2.24, 2.45) is 0 Å². The van der Waals surface area contributed by atoms with Crippen LogP contribution in [0.25, 0.3) is 0 Å². The number of aromatic nitrogens is 6. The SMILES string of the molecule is C[C@H](O[Si](C)(C)CCCCCCCCCCCn1ccnn1)C(C)(C)O[Si](C)(C)CCCCCCCCCCCn1ccnn1. The zero-order chi connectivity index (χ0) is 32.9. The second-order valence-corrected chi connectivity index (χ2v) is 23.7. The zero-order valence-electron chi connectivity index (χ0n) is 30.4. The fourth-order valence-electron chi connectivity index (χ4n) is 6.35. The quantitative estimate of drug-likeness (QED) is 0.0637. The highest BCUT2D eigenvalue weighted by molar-refractivity contribution is 6.71. The maximum Gasteiger partial charge on any atom is 0.187 e. The van der Waals surface area contributed by atoms with Crippen molar-refractivity contribution in [2.75, 3.05) is 0 Å². The number of hydrogen-bond acceptors (Lipinski definition) is 6. The summed E-state index contributed by atoms with van der Waals surface area (Å²) in [4.78, 5) is 0. The molecular formula is C35H70N6O2Si2. The molecule has 0 aliphatic rings. The summed E-state index contributed by atoms with van der Waals surface area (Å²) in [6.45, 7) is 18.4. The lowest BCUT2D eigenvalue weighted by molar-refractivity contribution is -0.0153. The fraction of sp³-hybridized carbons (Fsp3) is 0.886. The van der Waals surface area contributed by atoms with Crippen LogP contribution in [0.2, 0.25) is 38.3 Å². The van der Waals surface area contributed by atoms with Gasteiger partial charge in [-0.1, -0.05) is 113 Å². The molecule has 45 heavy (non-hydrogen) atoms. The second-order valence-electron chi connectivity index (χ2n) is 15.2. The molecule has 0 aromatic carbocycles. The van der Waals surface area contributed by atoms with Crippen molar-refractivity contribution in [3.8, 4) is 0 Å². The Bertz CT molecular complexity index is 954. The Morgan fingerprint density at radius 2 is 0.911 bits per heavy atom. The van der Waals surface area contributed by atoms with Gasteiger partial charge < -0.3 is 8.85 Å². The van der Waals surface area contributed by atoms with Gasteiger partial charge in [0, 0.05) is 25.5 Å². The fourth-order valence-corrected chi connectivity index (χ4v) is 11.6. The van der Waals surface area contributed by atoms with E-state index in [0.29, 0.717) is 0 Å². The average molecular weight is 663 g/mol. The molecule has 1 atom stereocenters. The van der Waals surface area contributed by atoms with Crippen LogP contribution in [-0.4, -0.2) is 58.3 Å². The van der Waals surface area contributed by atoms with Crippen LogP contribution in [-0.2, 0) is 21.9 Å². The third-order valence-corrected chi connectivity index (χ3v) is 14.5. The van der Waals surface area contributed by atoms with Crippen LogP contribution >= 0.6 is 0 Å². The van der Waals surface area contributed by atoms with E-state index in [1.165, 1.54) is 128 Å². The van der Waals surface area contributed by atoms with E-state index in [-0.39, 0.29) is 11.7 Å². The van der Waals surface area contributed by atoms with E-state index in [4.69, 9.17) is 8.85 Å². The number of rotatable bonds is 29. The van der Waals surface area contributed by atoms with Gasteiger partial charge in [0.1, 0.15) is 0 Å². The van der Waals surface area contributed by atoms with Gasteiger partial charge in [-0.2, -0.15) is 0 Å². The molecule has 0 aliphatic carbocycles. The minimum absolute atomic E-state index is 0.131. The molecule has 0 spiro atoms. The highest BCUT2D eigenvalue weighted by atomic mass is 28.4. The van der Waals surface area contributed by atoms with Gasteiger partial charge in [0.15, 0.2) is 16.6 Å². The molecule has 0 amide bonds. The van der Waals surface area contributed by atoms with Crippen LogP contribution in [0.4, 0.5) is 0 Å². The molecule has 0 saturated heterocycles. The second kappa shape index (κ2) is 22.2. The third-order valence-electron chi connectivity index (χ3n) is 9.29. The number of aryl methyl sites for hydroxylation is 2. The van der Waals surface area contributed by atoms with Gasteiger partial charge in [-0.05, 0) is 71.9 Å². The Kier molecular flexibility index (Phi) is 19.7. The smallest absolute Gasteiger partial charge is 0.187 e. The summed E-state index contributed by atoms with van der Waals surface area (Å²) in [5.74, 6) is 0. The van der Waals surface area contributed by atoms with E-state index in [9.17, 15) is 0 Å². The van der Waals surface area contributed by atoms with Gasteiger partial charge in [-0.3, -0.25) is 9.36 Å². The van der Waals surface area contributed by atoms with Crippen molar-refractivity contribution < 1.29 is 8.85 Å². The maximum atomic E-state index is 6.89. The topological polar surface area (TPSA) is 79.9 Å². The largest absolute Gasteiger partial charge is 0.412 e. The zero-order valence-corrected chi connectivity index (χ0v) is 32.4. The van der Waals surface area contributed by atoms with E-state index in [1.54, 1.807) is 12.4 Å². The summed E-state index contributed by atoms with van der Waals surface area (Å²) >= 11 is 0.